The van der Waals surface area contributed by atoms with E-state index in [1.165, 1.54) is 0 Å². The van der Waals surface area contributed by atoms with Gasteiger partial charge in [-0.25, -0.2) is 4.36 Å². The van der Waals surface area contributed by atoms with E-state index < -0.39 is 9.73 Å². The summed E-state index contributed by atoms with van der Waals surface area (Å²) in [4.78, 5) is 0. The average Bonchev–Trinajstić information content (AvgIpc) is 1.21. The molecule has 0 saturated carbocycles. The summed E-state index contributed by atoms with van der Waals surface area (Å²) in [6.07, 6.45) is 3.29. The minimum Gasteiger partial charge on any atom is -0.250 e. The van der Waals surface area contributed by atoms with Gasteiger partial charge in [0.1, 0.15) is 0 Å². The van der Waals surface area contributed by atoms with Crippen molar-refractivity contribution >= 4 is 9.73 Å². The lowest BCUT2D eigenvalue weighted by Crippen LogP contribution is -1.97. The van der Waals surface area contributed by atoms with Crippen molar-refractivity contribution in [2.45, 2.75) is 27.3 Å². The Kier molecular flexibility index (Phi) is 5.05. The van der Waals surface area contributed by atoms with Gasteiger partial charge in [0.25, 0.3) is 0 Å². The van der Waals surface area contributed by atoms with Crippen LogP contribution >= 0.6 is 0 Å². The molecule has 0 aromatic heterocycles. The van der Waals surface area contributed by atoms with Crippen LogP contribution in [0.3, 0.4) is 0 Å². The zero-order valence-corrected chi connectivity index (χ0v) is 6.66. The van der Waals surface area contributed by atoms with Crippen molar-refractivity contribution in [3.8, 4) is 0 Å². The standard InChI is InChI=1S/C5H13NOS.CH4/c1-5(2)6-8(3,4)7;/h5H,1-4H3;1H4. The first-order valence-electron chi connectivity index (χ1n) is 2.58. The van der Waals surface area contributed by atoms with Crippen molar-refractivity contribution in [2.75, 3.05) is 12.5 Å². The largest absolute Gasteiger partial charge is 0.250 e. The molecule has 0 spiro atoms. The van der Waals surface area contributed by atoms with Gasteiger partial charge in [-0.05, 0) is 13.8 Å². The van der Waals surface area contributed by atoms with Gasteiger partial charge in [0.15, 0.2) is 0 Å². The lowest BCUT2D eigenvalue weighted by Gasteiger charge is -1.96. The molecule has 0 bridgehead atoms. The highest BCUT2D eigenvalue weighted by Crippen LogP contribution is 1.91. The highest BCUT2D eigenvalue weighted by atomic mass is 32.2. The van der Waals surface area contributed by atoms with Gasteiger partial charge in [-0.3, -0.25) is 4.21 Å². The van der Waals surface area contributed by atoms with Gasteiger partial charge in [-0.2, -0.15) is 0 Å². The Labute approximate surface area is 58.8 Å². The van der Waals surface area contributed by atoms with Crippen LogP contribution in [0.15, 0.2) is 4.36 Å². The first-order chi connectivity index (χ1) is 3.42. The molecule has 0 aliphatic rings. The van der Waals surface area contributed by atoms with Gasteiger partial charge in [0, 0.05) is 22.2 Å². The van der Waals surface area contributed by atoms with Gasteiger partial charge < -0.3 is 0 Å². The van der Waals surface area contributed by atoms with E-state index >= 15 is 0 Å². The molecule has 0 aliphatic heterocycles. The Bertz CT molecular complexity index is 158. The van der Waals surface area contributed by atoms with Crippen LogP contribution in [0.5, 0.6) is 0 Å². The van der Waals surface area contributed by atoms with Gasteiger partial charge in [0.05, 0.1) is 6.04 Å². The molecule has 0 radical (unpaired) electrons. The van der Waals surface area contributed by atoms with E-state index in [0.717, 1.165) is 0 Å². The molecule has 0 amide bonds. The van der Waals surface area contributed by atoms with E-state index in [1.54, 1.807) is 12.5 Å². The molecule has 9 heavy (non-hydrogen) atoms. The Balaban J connectivity index is 0. The Morgan fingerprint density at radius 1 is 1.33 bits per heavy atom. The van der Waals surface area contributed by atoms with Crippen molar-refractivity contribution in [2.24, 2.45) is 4.36 Å². The van der Waals surface area contributed by atoms with E-state index in [9.17, 15) is 4.21 Å². The lowest BCUT2D eigenvalue weighted by molar-refractivity contribution is 0.678. The summed E-state index contributed by atoms with van der Waals surface area (Å²) in [5.41, 5.74) is 0. The summed E-state index contributed by atoms with van der Waals surface area (Å²) in [6, 6.07) is 0.192. The molecule has 0 atom stereocenters. The molecule has 58 valence electrons. The third-order valence-corrected chi connectivity index (χ3v) is 1.39. The molecule has 0 N–H and O–H groups in total. The lowest BCUT2D eigenvalue weighted by atomic mass is 10.4. The molecule has 3 heteroatoms. The molecule has 0 unspecified atom stereocenters. The van der Waals surface area contributed by atoms with Crippen molar-refractivity contribution in [3.63, 3.8) is 0 Å². The molecule has 0 heterocycles. The molecular weight excluding hydrogens is 134 g/mol. The third kappa shape index (κ3) is 11.5. The summed E-state index contributed by atoms with van der Waals surface area (Å²) in [7, 11) is -1.85. The SMILES string of the molecule is C.CC(C)N=S(C)(C)=O. The second-order valence-corrected chi connectivity index (χ2v) is 4.95. The first kappa shape index (κ1) is 11.7. The average molecular weight is 151 g/mol. The highest BCUT2D eigenvalue weighted by Gasteiger charge is 1.90. The number of hydrogen-bond donors (Lipinski definition) is 0. The number of nitrogens with zero attached hydrogens (tertiary/aromatic N) is 1. The van der Waals surface area contributed by atoms with Gasteiger partial charge in [-0.1, -0.05) is 7.43 Å². The summed E-state index contributed by atoms with van der Waals surface area (Å²) < 4.78 is 14.8. The summed E-state index contributed by atoms with van der Waals surface area (Å²) in [5, 5.41) is 0. The van der Waals surface area contributed by atoms with Gasteiger partial charge >= 0.3 is 0 Å². The monoisotopic (exact) mass is 151 g/mol. The molecular formula is C6H17NOS. The van der Waals surface area contributed by atoms with Gasteiger partial charge in [-0.15, -0.1) is 0 Å². The first-order valence-corrected chi connectivity index (χ1v) is 4.91. The highest BCUT2D eigenvalue weighted by molar-refractivity contribution is 7.92. The van der Waals surface area contributed by atoms with Crippen LogP contribution in [0, 0.1) is 0 Å². The topological polar surface area (TPSA) is 29.4 Å². The third-order valence-electron chi connectivity index (χ3n) is 0.465. The van der Waals surface area contributed by atoms with Crippen LogP contribution in [0.4, 0.5) is 0 Å². The summed E-state index contributed by atoms with van der Waals surface area (Å²) >= 11 is 0. The zero-order valence-electron chi connectivity index (χ0n) is 5.84. The minimum absolute atomic E-state index is 0. The molecule has 2 nitrogen and oxygen atoms in total. The fourth-order valence-electron chi connectivity index (χ4n) is 0.508. The predicted octanol–water partition coefficient (Wildman–Crippen LogP) is 1.76. The second kappa shape index (κ2) is 3.88. The smallest absolute Gasteiger partial charge is 0.0537 e. The van der Waals surface area contributed by atoms with Crippen LogP contribution in [-0.2, 0) is 9.73 Å². The Morgan fingerprint density at radius 3 is 1.67 bits per heavy atom. The van der Waals surface area contributed by atoms with E-state index in [1.807, 2.05) is 13.8 Å². The fraction of sp³-hybridized carbons (Fsp3) is 1.00. The fourth-order valence-corrected chi connectivity index (χ4v) is 1.52. The maximum atomic E-state index is 10.8. The van der Waals surface area contributed by atoms with E-state index in [-0.39, 0.29) is 13.5 Å². The molecule has 0 aliphatic carbocycles. The van der Waals surface area contributed by atoms with Crippen molar-refractivity contribution in [1.82, 2.24) is 0 Å². The number of rotatable bonds is 1. The second-order valence-electron chi connectivity index (χ2n) is 2.38. The van der Waals surface area contributed by atoms with Gasteiger partial charge in [0.2, 0.25) is 0 Å². The molecule has 0 aromatic rings. The van der Waals surface area contributed by atoms with Crippen molar-refractivity contribution in [3.05, 3.63) is 0 Å². The summed E-state index contributed by atoms with van der Waals surface area (Å²) in [6.45, 7) is 3.85. The van der Waals surface area contributed by atoms with Crippen LogP contribution < -0.4 is 0 Å². The van der Waals surface area contributed by atoms with Crippen LogP contribution in [0.25, 0.3) is 0 Å². The van der Waals surface area contributed by atoms with Crippen LogP contribution in [0.1, 0.15) is 21.3 Å². The predicted molar refractivity (Wildman–Crippen MR) is 44.3 cm³/mol. The maximum Gasteiger partial charge on any atom is 0.0537 e. The van der Waals surface area contributed by atoms with E-state index in [0.29, 0.717) is 0 Å². The zero-order chi connectivity index (χ0) is 6.78. The molecule has 0 rings (SSSR count). The maximum absolute atomic E-state index is 10.8. The Morgan fingerprint density at radius 2 is 1.67 bits per heavy atom. The normalized spacial score (nSPS) is 10.8. The van der Waals surface area contributed by atoms with Crippen LogP contribution in [-0.4, -0.2) is 22.8 Å². The van der Waals surface area contributed by atoms with E-state index in [2.05, 4.69) is 4.36 Å². The molecule has 0 saturated heterocycles. The minimum atomic E-state index is -1.85. The Hall–Kier alpha value is -0.0500. The van der Waals surface area contributed by atoms with Crippen molar-refractivity contribution in [1.29, 1.82) is 0 Å². The van der Waals surface area contributed by atoms with Crippen molar-refractivity contribution < 1.29 is 4.21 Å². The quantitative estimate of drug-likeness (QED) is 0.561. The summed E-state index contributed by atoms with van der Waals surface area (Å²) in [5.74, 6) is 0. The van der Waals surface area contributed by atoms with Crippen LogP contribution in [0.2, 0.25) is 0 Å². The molecule has 0 aromatic carbocycles. The molecule has 0 fully saturated rings. The van der Waals surface area contributed by atoms with E-state index in [4.69, 9.17) is 0 Å². The number of hydrogen-bond acceptors (Lipinski definition) is 2.